The third kappa shape index (κ3) is 3.82. The fourth-order valence-electron chi connectivity index (χ4n) is 2.45. The van der Waals surface area contributed by atoms with E-state index in [9.17, 15) is 4.39 Å². The first-order valence-electron chi connectivity index (χ1n) is 7.49. The molecule has 0 aliphatic heterocycles. The maximum atomic E-state index is 14.1. The molecule has 0 radical (unpaired) electrons. The van der Waals surface area contributed by atoms with Crippen molar-refractivity contribution in [3.63, 3.8) is 0 Å². The predicted octanol–water partition coefficient (Wildman–Crippen LogP) is 3.71. The van der Waals surface area contributed by atoms with Crippen LogP contribution in [-0.2, 0) is 13.1 Å². The van der Waals surface area contributed by atoms with Gasteiger partial charge in [-0.25, -0.2) is 4.39 Å². The van der Waals surface area contributed by atoms with Crippen molar-refractivity contribution in [2.45, 2.75) is 32.0 Å². The predicted molar refractivity (Wildman–Crippen MR) is 84.8 cm³/mol. The second-order valence-electron chi connectivity index (χ2n) is 5.78. The highest BCUT2D eigenvalue weighted by atomic mass is 19.1. The molecule has 1 N–H and O–H groups in total. The summed E-state index contributed by atoms with van der Waals surface area (Å²) in [5.41, 5.74) is 2.98. The first-order chi connectivity index (χ1) is 10.2. The second-order valence-corrected chi connectivity index (χ2v) is 5.78. The standard InChI is InChI=1S/C18H21FN2/c1-21(13-14-5-3-2-4-6-14)18-11-15(7-10-17(18)19)12-20-16-8-9-16/h2-7,10-11,16,20H,8-9,12-13H2,1H3. The van der Waals surface area contributed by atoms with Gasteiger partial charge in [0, 0.05) is 26.2 Å². The number of halogens is 1. The fraction of sp³-hybridized carbons (Fsp3) is 0.333. The lowest BCUT2D eigenvalue weighted by molar-refractivity contribution is 0.619. The summed E-state index contributed by atoms with van der Waals surface area (Å²) >= 11 is 0. The molecule has 2 aromatic rings. The first-order valence-corrected chi connectivity index (χ1v) is 7.49. The van der Waals surface area contributed by atoms with E-state index in [0.717, 1.165) is 12.1 Å². The lowest BCUT2D eigenvalue weighted by Crippen LogP contribution is -2.19. The van der Waals surface area contributed by atoms with Gasteiger partial charge in [0.05, 0.1) is 5.69 Å². The number of rotatable bonds is 6. The van der Waals surface area contributed by atoms with Crippen molar-refractivity contribution < 1.29 is 4.39 Å². The Hall–Kier alpha value is -1.87. The molecular formula is C18H21FN2. The lowest BCUT2D eigenvalue weighted by Gasteiger charge is -2.21. The van der Waals surface area contributed by atoms with Gasteiger partial charge >= 0.3 is 0 Å². The summed E-state index contributed by atoms with van der Waals surface area (Å²) in [7, 11) is 1.93. The zero-order valence-electron chi connectivity index (χ0n) is 12.3. The highest BCUT2D eigenvalue weighted by Crippen LogP contribution is 2.23. The highest BCUT2D eigenvalue weighted by Gasteiger charge is 2.20. The van der Waals surface area contributed by atoms with E-state index in [1.54, 1.807) is 6.07 Å². The molecule has 3 heteroatoms. The Morgan fingerprint density at radius 1 is 1.10 bits per heavy atom. The van der Waals surface area contributed by atoms with Crippen molar-refractivity contribution in [1.29, 1.82) is 0 Å². The summed E-state index contributed by atoms with van der Waals surface area (Å²) in [5, 5.41) is 3.47. The largest absolute Gasteiger partial charge is 0.368 e. The van der Waals surface area contributed by atoms with Crippen molar-refractivity contribution in [1.82, 2.24) is 5.32 Å². The van der Waals surface area contributed by atoms with Crippen LogP contribution in [0.2, 0.25) is 0 Å². The summed E-state index contributed by atoms with van der Waals surface area (Å²) in [6.07, 6.45) is 2.53. The van der Waals surface area contributed by atoms with Gasteiger partial charge in [0.25, 0.3) is 0 Å². The molecule has 0 heterocycles. The van der Waals surface area contributed by atoms with Crippen LogP contribution in [0.25, 0.3) is 0 Å². The number of anilines is 1. The van der Waals surface area contributed by atoms with Crippen molar-refractivity contribution in [2.75, 3.05) is 11.9 Å². The van der Waals surface area contributed by atoms with Crippen LogP contribution in [0.5, 0.6) is 0 Å². The minimum atomic E-state index is -0.163. The minimum Gasteiger partial charge on any atom is -0.368 e. The Balaban J connectivity index is 1.71. The van der Waals surface area contributed by atoms with Gasteiger partial charge in [-0.3, -0.25) is 0 Å². The molecule has 1 aliphatic carbocycles. The van der Waals surface area contributed by atoms with Crippen molar-refractivity contribution >= 4 is 5.69 Å². The van der Waals surface area contributed by atoms with Gasteiger partial charge in [-0.05, 0) is 36.1 Å². The first kappa shape index (κ1) is 14.1. The van der Waals surface area contributed by atoms with Gasteiger partial charge in [0.15, 0.2) is 0 Å². The third-order valence-electron chi connectivity index (χ3n) is 3.86. The molecule has 2 nitrogen and oxygen atoms in total. The Bertz CT molecular complexity index is 593. The summed E-state index contributed by atoms with van der Waals surface area (Å²) in [4.78, 5) is 1.96. The van der Waals surface area contributed by atoms with Crippen LogP contribution in [0.1, 0.15) is 24.0 Å². The van der Waals surface area contributed by atoms with Gasteiger partial charge in [-0.2, -0.15) is 0 Å². The molecule has 1 fully saturated rings. The number of nitrogens with zero attached hydrogens (tertiary/aromatic N) is 1. The van der Waals surface area contributed by atoms with Crippen LogP contribution in [0, 0.1) is 5.82 Å². The molecule has 0 aromatic heterocycles. The van der Waals surface area contributed by atoms with E-state index in [-0.39, 0.29) is 5.82 Å². The number of nitrogens with one attached hydrogen (secondary N) is 1. The number of hydrogen-bond acceptors (Lipinski definition) is 2. The highest BCUT2D eigenvalue weighted by molar-refractivity contribution is 5.50. The zero-order valence-corrected chi connectivity index (χ0v) is 12.3. The maximum absolute atomic E-state index is 14.1. The summed E-state index contributed by atoms with van der Waals surface area (Å²) < 4.78 is 14.1. The van der Waals surface area contributed by atoms with Crippen LogP contribution in [-0.4, -0.2) is 13.1 Å². The molecule has 1 saturated carbocycles. The zero-order chi connectivity index (χ0) is 14.7. The van der Waals surface area contributed by atoms with E-state index in [0.29, 0.717) is 18.3 Å². The van der Waals surface area contributed by atoms with Crippen LogP contribution in [0.15, 0.2) is 48.5 Å². The molecule has 0 bridgehead atoms. The summed E-state index contributed by atoms with van der Waals surface area (Å²) in [6.45, 7) is 1.52. The topological polar surface area (TPSA) is 15.3 Å². The van der Waals surface area contributed by atoms with E-state index in [1.807, 2.05) is 42.3 Å². The molecule has 0 unspecified atom stereocenters. The van der Waals surface area contributed by atoms with Gasteiger partial charge in [-0.15, -0.1) is 0 Å². The van der Waals surface area contributed by atoms with Crippen LogP contribution in [0.4, 0.5) is 10.1 Å². The Morgan fingerprint density at radius 3 is 2.57 bits per heavy atom. The third-order valence-corrected chi connectivity index (χ3v) is 3.86. The Labute approximate surface area is 125 Å². The monoisotopic (exact) mass is 284 g/mol. The summed E-state index contributed by atoms with van der Waals surface area (Å²) in [6, 6.07) is 16.2. The summed E-state index contributed by atoms with van der Waals surface area (Å²) in [5.74, 6) is -0.163. The van der Waals surface area contributed by atoms with Crippen LogP contribution >= 0.6 is 0 Å². The quantitative estimate of drug-likeness (QED) is 0.870. The van der Waals surface area contributed by atoms with E-state index in [4.69, 9.17) is 0 Å². The van der Waals surface area contributed by atoms with Crippen molar-refractivity contribution in [2.24, 2.45) is 0 Å². The van der Waals surface area contributed by atoms with Crippen LogP contribution in [0.3, 0.4) is 0 Å². The van der Waals surface area contributed by atoms with Gasteiger partial charge in [0.1, 0.15) is 5.82 Å². The maximum Gasteiger partial charge on any atom is 0.146 e. The van der Waals surface area contributed by atoms with E-state index >= 15 is 0 Å². The molecule has 1 aliphatic rings. The smallest absolute Gasteiger partial charge is 0.146 e. The van der Waals surface area contributed by atoms with Crippen molar-refractivity contribution in [3.8, 4) is 0 Å². The van der Waals surface area contributed by atoms with E-state index in [1.165, 1.54) is 18.4 Å². The molecule has 2 aromatic carbocycles. The van der Waals surface area contributed by atoms with Crippen molar-refractivity contribution in [3.05, 3.63) is 65.5 Å². The Morgan fingerprint density at radius 2 is 1.86 bits per heavy atom. The lowest BCUT2D eigenvalue weighted by atomic mass is 10.1. The SMILES string of the molecule is CN(Cc1ccccc1)c1cc(CNC2CC2)ccc1F. The number of hydrogen-bond donors (Lipinski definition) is 1. The number of benzene rings is 2. The normalized spacial score (nSPS) is 14.2. The van der Waals surface area contributed by atoms with Gasteiger partial charge in [0.2, 0.25) is 0 Å². The van der Waals surface area contributed by atoms with Gasteiger partial charge < -0.3 is 10.2 Å². The molecular weight excluding hydrogens is 263 g/mol. The minimum absolute atomic E-state index is 0.163. The van der Waals surface area contributed by atoms with E-state index < -0.39 is 0 Å². The second kappa shape index (κ2) is 6.27. The average Bonchev–Trinajstić information content (AvgIpc) is 3.31. The van der Waals surface area contributed by atoms with Crippen LogP contribution < -0.4 is 10.2 Å². The molecule has 3 rings (SSSR count). The van der Waals surface area contributed by atoms with Gasteiger partial charge in [-0.1, -0.05) is 36.4 Å². The molecule has 21 heavy (non-hydrogen) atoms. The average molecular weight is 284 g/mol. The molecule has 0 spiro atoms. The molecule has 0 saturated heterocycles. The Kier molecular flexibility index (Phi) is 4.20. The molecule has 0 atom stereocenters. The molecule has 110 valence electrons. The fourth-order valence-corrected chi connectivity index (χ4v) is 2.45. The molecule has 0 amide bonds. The van der Waals surface area contributed by atoms with E-state index in [2.05, 4.69) is 17.4 Å².